The number of nitrogens with zero attached hydrogens (tertiary/aromatic N) is 1. The standard InChI is InChI=1S/C27H28ClNO3S/c28-26-13-12-25(33-26)24-10-4-19-18-20(30)5-11-23(19)27(24)32-22-8-6-21(7-9-22)31-17-16-29-14-2-1-3-15-29/h4-11,13,18,25,30H,1-3,12,14-17H2. The van der Waals surface area contributed by atoms with Crippen LogP contribution in [0.15, 0.2) is 65.0 Å². The van der Waals surface area contributed by atoms with Gasteiger partial charge in [-0.05, 0) is 80.2 Å². The molecule has 1 atom stereocenters. The summed E-state index contributed by atoms with van der Waals surface area (Å²) >= 11 is 7.90. The van der Waals surface area contributed by atoms with E-state index in [0.29, 0.717) is 6.61 Å². The molecule has 0 spiro atoms. The minimum Gasteiger partial charge on any atom is -0.508 e. The summed E-state index contributed by atoms with van der Waals surface area (Å²) in [5, 5.41) is 12.0. The summed E-state index contributed by atoms with van der Waals surface area (Å²) in [4.78, 5) is 2.48. The van der Waals surface area contributed by atoms with Gasteiger partial charge in [-0.15, -0.1) is 11.8 Å². The molecule has 2 aliphatic heterocycles. The number of halogens is 1. The average Bonchev–Trinajstić information content (AvgIpc) is 3.27. The molecule has 1 unspecified atom stereocenters. The van der Waals surface area contributed by atoms with E-state index in [4.69, 9.17) is 21.1 Å². The van der Waals surface area contributed by atoms with Crippen LogP contribution in [0.2, 0.25) is 0 Å². The number of hydrogen-bond acceptors (Lipinski definition) is 5. The highest BCUT2D eigenvalue weighted by Gasteiger charge is 2.24. The zero-order chi connectivity index (χ0) is 22.6. The van der Waals surface area contributed by atoms with Crippen molar-refractivity contribution in [1.29, 1.82) is 0 Å². The summed E-state index contributed by atoms with van der Waals surface area (Å²) in [6.07, 6.45) is 6.86. The molecule has 3 aromatic carbocycles. The Balaban J connectivity index is 1.32. The highest BCUT2D eigenvalue weighted by Crippen LogP contribution is 2.50. The van der Waals surface area contributed by atoms with Gasteiger partial charge in [0.25, 0.3) is 0 Å². The normalized spacial score (nSPS) is 18.9. The second kappa shape index (κ2) is 10.3. The number of benzene rings is 3. The maximum Gasteiger partial charge on any atom is 0.139 e. The first kappa shape index (κ1) is 22.5. The fourth-order valence-corrected chi connectivity index (χ4v) is 5.87. The van der Waals surface area contributed by atoms with Crippen LogP contribution >= 0.6 is 23.4 Å². The van der Waals surface area contributed by atoms with Gasteiger partial charge in [-0.2, -0.15) is 0 Å². The minimum absolute atomic E-state index is 0.211. The van der Waals surface area contributed by atoms with Crippen LogP contribution in [-0.4, -0.2) is 36.2 Å². The molecule has 172 valence electrons. The number of ether oxygens (including phenoxy) is 2. The quantitative estimate of drug-likeness (QED) is 0.379. The van der Waals surface area contributed by atoms with E-state index in [9.17, 15) is 5.11 Å². The number of rotatable bonds is 7. The Morgan fingerprint density at radius 3 is 2.52 bits per heavy atom. The molecule has 1 N–H and O–H groups in total. The first-order chi connectivity index (χ1) is 16.2. The number of phenolic OH excluding ortho intramolecular Hbond substituents is 1. The molecule has 4 nitrogen and oxygen atoms in total. The maximum atomic E-state index is 9.92. The smallest absolute Gasteiger partial charge is 0.139 e. The van der Waals surface area contributed by atoms with E-state index in [1.165, 1.54) is 32.4 Å². The first-order valence-electron chi connectivity index (χ1n) is 11.6. The van der Waals surface area contributed by atoms with Gasteiger partial charge in [0.05, 0.1) is 4.36 Å². The number of hydrogen-bond donors (Lipinski definition) is 1. The SMILES string of the molecule is Oc1ccc2c(Oc3ccc(OCCN4CCCCC4)cc3)c(C3CC=C(Cl)S3)ccc2c1. The van der Waals surface area contributed by atoms with Gasteiger partial charge in [-0.1, -0.05) is 36.2 Å². The summed E-state index contributed by atoms with van der Waals surface area (Å²) in [6.45, 7) is 4.03. The Morgan fingerprint density at radius 1 is 0.970 bits per heavy atom. The topological polar surface area (TPSA) is 41.9 Å². The number of aromatic hydroxyl groups is 1. The largest absolute Gasteiger partial charge is 0.508 e. The molecule has 3 aromatic rings. The fourth-order valence-electron chi connectivity index (χ4n) is 4.49. The molecular formula is C27H28ClNO3S. The predicted octanol–water partition coefficient (Wildman–Crippen LogP) is 7.46. The van der Waals surface area contributed by atoms with Crippen LogP contribution in [0, 0.1) is 0 Å². The van der Waals surface area contributed by atoms with E-state index >= 15 is 0 Å². The number of fused-ring (bicyclic) bond motifs is 1. The van der Waals surface area contributed by atoms with Crippen LogP contribution < -0.4 is 9.47 Å². The van der Waals surface area contributed by atoms with Gasteiger partial charge in [0.2, 0.25) is 0 Å². The molecule has 0 aliphatic carbocycles. The van der Waals surface area contributed by atoms with Gasteiger partial charge in [-0.3, -0.25) is 4.90 Å². The molecule has 0 radical (unpaired) electrons. The van der Waals surface area contributed by atoms with E-state index in [0.717, 1.165) is 50.9 Å². The Morgan fingerprint density at radius 2 is 1.76 bits per heavy atom. The van der Waals surface area contributed by atoms with Crippen molar-refractivity contribution in [1.82, 2.24) is 4.90 Å². The first-order valence-corrected chi connectivity index (χ1v) is 12.8. The molecule has 0 amide bonds. The molecular weight excluding hydrogens is 454 g/mol. The van der Waals surface area contributed by atoms with Crippen molar-refractivity contribution in [2.45, 2.75) is 30.9 Å². The number of phenols is 1. The Bertz CT molecular complexity index is 1140. The molecule has 33 heavy (non-hydrogen) atoms. The average molecular weight is 482 g/mol. The lowest BCUT2D eigenvalue weighted by molar-refractivity contribution is 0.183. The third kappa shape index (κ3) is 5.43. The van der Waals surface area contributed by atoms with Gasteiger partial charge in [0.15, 0.2) is 0 Å². The van der Waals surface area contributed by atoms with Crippen LogP contribution in [0.25, 0.3) is 10.8 Å². The molecule has 1 saturated heterocycles. The van der Waals surface area contributed by atoms with Crippen LogP contribution in [0.3, 0.4) is 0 Å². The van der Waals surface area contributed by atoms with Crippen LogP contribution in [0.4, 0.5) is 0 Å². The lowest BCUT2D eigenvalue weighted by atomic mass is 10.0. The van der Waals surface area contributed by atoms with Crippen molar-refractivity contribution in [3.8, 4) is 23.0 Å². The van der Waals surface area contributed by atoms with E-state index in [2.05, 4.69) is 17.0 Å². The lowest BCUT2D eigenvalue weighted by Gasteiger charge is -2.26. The second-order valence-corrected chi connectivity index (χ2v) is 10.4. The lowest BCUT2D eigenvalue weighted by Crippen LogP contribution is -2.33. The predicted molar refractivity (Wildman–Crippen MR) is 137 cm³/mol. The van der Waals surface area contributed by atoms with Crippen molar-refractivity contribution in [2.75, 3.05) is 26.2 Å². The molecule has 0 aromatic heterocycles. The van der Waals surface area contributed by atoms with E-state index < -0.39 is 0 Å². The van der Waals surface area contributed by atoms with Gasteiger partial charge < -0.3 is 14.6 Å². The number of piperidine rings is 1. The molecule has 2 aliphatic rings. The van der Waals surface area contributed by atoms with Crippen molar-refractivity contribution in [2.24, 2.45) is 0 Å². The van der Waals surface area contributed by atoms with Crippen molar-refractivity contribution < 1.29 is 14.6 Å². The Kier molecular flexibility index (Phi) is 7.00. The van der Waals surface area contributed by atoms with Gasteiger partial charge in [-0.25, -0.2) is 0 Å². The van der Waals surface area contributed by atoms with Crippen LogP contribution in [0.1, 0.15) is 36.5 Å². The zero-order valence-electron chi connectivity index (χ0n) is 18.5. The van der Waals surface area contributed by atoms with Crippen molar-refractivity contribution in [3.05, 3.63) is 70.6 Å². The van der Waals surface area contributed by atoms with E-state index in [-0.39, 0.29) is 11.0 Å². The third-order valence-corrected chi connectivity index (χ3v) is 7.79. The summed E-state index contributed by atoms with van der Waals surface area (Å²) < 4.78 is 13.2. The molecule has 1 fully saturated rings. The molecule has 5 rings (SSSR count). The summed E-state index contributed by atoms with van der Waals surface area (Å²) in [5.74, 6) is 2.66. The van der Waals surface area contributed by atoms with Gasteiger partial charge >= 0.3 is 0 Å². The minimum atomic E-state index is 0.211. The number of likely N-dealkylation sites (tertiary alicyclic amines) is 1. The van der Waals surface area contributed by atoms with Gasteiger partial charge in [0, 0.05) is 22.7 Å². The molecule has 0 bridgehead atoms. The molecule has 2 heterocycles. The molecule has 0 saturated carbocycles. The zero-order valence-corrected chi connectivity index (χ0v) is 20.1. The number of allylic oxidation sites excluding steroid dienone is 1. The van der Waals surface area contributed by atoms with Gasteiger partial charge in [0.1, 0.15) is 29.6 Å². The van der Waals surface area contributed by atoms with Crippen LogP contribution in [-0.2, 0) is 0 Å². The van der Waals surface area contributed by atoms with Crippen molar-refractivity contribution >= 4 is 34.1 Å². The van der Waals surface area contributed by atoms with E-state index in [1.54, 1.807) is 23.9 Å². The number of thioether (sulfide) groups is 1. The molecule has 6 heteroatoms. The summed E-state index contributed by atoms with van der Waals surface area (Å²) in [6, 6.07) is 17.3. The highest BCUT2D eigenvalue weighted by molar-refractivity contribution is 8.05. The van der Waals surface area contributed by atoms with E-state index in [1.807, 2.05) is 36.4 Å². The third-order valence-electron chi connectivity index (χ3n) is 6.25. The Labute approximate surface area is 204 Å². The monoisotopic (exact) mass is 481 g/mol. The van der Waals surface area contributed by atoms with Crippen LogP contribution in [0.5, 0.6) is 23.0 Å². The van der Waals surface area contributed by atoms with Crippen molar-refractivity contribution in [3.63, 3.8) is 0 Å². The highest BCUT2D eigenvalue weighted by atomic mass is 35.5. The maximum absolute atomic E-state index is 9.92. The second-order valence-electron chi connectivity index (χ2n) is 8.56. The Hall–Kier alpha value is -2.34. The fraction of sp³-hybridized carbons (Fsp3) is 0.333. The summed E-state index contributed by atoms with van der Waals surface area (Å²) in [7, 11) is 0. The summed E-state index contributed by atoms with van der Waals surface area (Å²) in [5.41, 5.74) is 1.10.